The number of ether oxygens (including phenoxy) is 1. The first-order chi connectivity index (χ1) is 13.6. The number of amides is 2. The van der Waals surface area contributed by atoms with Crippen molar-refractivity contribution in [2.45, 2.75) is 31.5 Å². The molecule has 146 valence electrons. The third kappa shape index (κ3) is 4.21. The summed E-state index contributed by atoms with van der Waals surface area (Å²) in [6.45, 7) is 0.572. The summed E-state index contributed by atoms with van der Waals surface area (Å²) in [4.78, 5) is 30.2. The number of aliphatic hydroxyl groups excluding tert-OH is 1. The van der Waals surface area contributed by atoms with Crippen molar-refractivity contribution >= 4 is 17.5 Å². The molecule has 2 aromatic rings. The first-order valence-corrected chi connectivity index (χ1v) is 9.48. The van der Waals surface area contributed by atoms with Gasteiger partial charge in [-0.15, -0.1) is 0 Å². The molecule has 2 atom stereocenters. The molecule has 2 N–H and O–H groups in total. The molecular formula is C21H23N3O4. The summed E-state index contributed by atoms with van der Waals surface area (Å²) in [6, 6.07) is 12.1. The smallest absolute Gasteiger partial charge is 0.249 e. The lowest BCUT2D eigenvalue weighted by molar-refractivity contribution is -0.155. The minimum atomic E-state index is -0.902. The van der Waals surface area contributed by atoms with Gasteiger partial charge >= 0.3 is 0 Å². The van der Waals surface area contributed by atoms with Crippen molar-refractivity contribution in [2.75, 3.05) is 18.5 Å². The van der Waals surface area contributed by atoms with Crippen LogP contribution in [-0.4, -0.2) is 46.1 Å². The number of anilines is 1. The van der Waals surface area contributed by atoms with Crippen LogP contribution in [0.1, 0.15) is 30.2 Å². The molecule has 0 unspecified atom stereocenters. The average molecular weight is 381 g/mol. The van der Waals surface area contributed by atoms with E-state index in [2.05, 4.69) is 10.3 Å². The summed E-state index contributed by atoms with van der Waals surface area (Å²) in [5.41, 5.74) is 2.13. The Kier molecular flexibility index (Phi) is 5.36. The number of nitrogens with zero attached hydrogens (tertiary/aromatic N) is 2. The summed E-state index contributed by atoms with van der Waals surface area (Å²) in [5.74, 6) is 0.00574. The van der Waals surface area contributed by atoms with Crippen LogP contribution in [-0.2, 0) is 20.9 Å². The molecule has 7 heteroatoms. The van der Waals surface area contributed by atoms with Crippen LogP contribution in [0.15, 0.2) is 48.7 Å². The zero-order chi connectivity index (χ0) is 19.5. The third-order valence-electron chi connectivity index (χ3n) is 5.13. The number of hydrogen-bond acceptors (Lipinski definition) is 5. The van der Waals surface area contributed by atoms with Crippen LogP contribution < -0.4 is 5.32 Å². The highest BCUT2D eigenvalue weighted by Crippen LogP contribution is 2.31. The van der Waals surface area contributed by atoms with Gasteiger partial charge in [-0.3, -0.25) is 14.6 Å². The zero-order valence-electron chi connectivity index (χ0n) is 15.5. The molecule has 0 spiro atoms. The first kappa shape index (κ1) is 18.6. The molecule has 1 aliphatic heterocycles. The second-order valence-electron chi connectivity index (χ2n) is 7.26. The molecule has 2 heterocycles. The van der Waals surface area contributed by atoms with Gasteiger partial charge in [-0.05, 0) is 42.7 Å². The van der Waals surface area contributed by atoms with E-state index in [-0.39, 0.29) is 30.9 Å². The Bertz CT molecular complexity index is 836. The fraction of sp³-hybridized carbons (Fsp3) is 0.381. The summed E-state index contributed by atoms with van der Waals surface area (Å²) in [6.07, 6.45) is 2.68. The van der Waals surface area contributed by atoms with Crippen LogP contribution in [0.2, 0.25) is 0 Å². The standard InChI is InChI=1S/C21H23N3O4/c25-19-13-28-12-18(24(19)11-17-3-1-2-10-22-17)20(26)14-6-8-16(9-7-14)23-21(27)15-4-5-15/h1-3,6-10,15,18,20,26H,4-5,11-13H2,(H,23,27)/t18-,20-/m1/s1. The Morgan fingerprint density at radius 2 is 2.04 bits per heavy atom. The van der Waals surface area contributed by atoms with Crippen LogP contribution in [0, 0.1) is 5.92 Å². The van der Waals surface area contributed by atoms with Gasteiger partial charge in [0.15, 0.2) is 0 Å². The molecule has 2 aliphatic rings. The SMILES string of the molecule is O=C(Nc1ccc([C@@H](O)[C@H]2COCC(=O)N2Cc2ccccn2)cc1)C1CC1. The lowest BCUT2D eigenvalue weighted by atomic mass is 9.99. The predicted molar refractivity (Wildman–Crippen MR) is 102 cm³/mol. The quantitative estimate of drug-likeness (QED) is 0.797. The van der Waals surface area contributed by atoms with E-state index in [9.17, 15) is 14.7 Å². The molecule has 4 rings (SSSR count). The van der Waals surface area contributed by atoms with E-state index in [1.165, 1.54) is 0 Å². The number of pyridine rings is 1. The monoisotopic (exact) mass is 381 g/mol. The summed E-state index contributed by atoms with van der Waals surface area (Å²) < 4.78 is 5.39. The molecule has 0 bridgehead atoms. The van der Waals surface area contributed by atoms with E-state index in [4.69, 9.17) is 4.74 Å². The lowest BCUT2D eigenvalue weighted by Crippen LogP contribution is -2.51. The molecule has 7 nitrogen and oxygen atoms in total. The molecule has 2 fully saturated rings. The Morgan fingerprint density at radius 1 is 1.25 bits per heavy atom. The Hall–Kier alpha value is -2.77. The fourth-order valence-corrected chi connectivity index (χ4v) is 3.33. The minimum Gasteiger partial charge on any atom is -0.386 e. The summed E-state index contributed by atoms with van der Waals surface area (Å²) >= 11 is 0. The van der Waals surface area contributed by atoms with Crippen LogP contribution >= 0.6 is 0 Å². The molecule has 2 amide bonds. The number of carbonyl (C=O) groups excluding carboxylic acids is 2. The molecular weight excluding hydrogens is 358 g/mol. The van der Waals surface area contributed by atoms with E-state index in [0.717, 1.165) is 18.5 Å². The summed E-state index contributed by atoms with van der Waals surface area (Å²) in [7, 11) is 0. The largest absolute Gasteiger partial charge is 0.386 e. The second kappa shape index (κ2) is 8.08. The highest BCUT2D eigenvalue weighted by atomic mass is 16.5. The zero-order valence-corrected chi connectivity index (χ0v) is 15.5. The molecule has 1 saturated carbocycles. The van der Waals surface area contributed by atoms with Gasteiger partial charge in [0, 0.05) is 17.8 Å². The van der Waals surface area contributed by atoms with Gasteiger partial charge in [0.2, 0.25) is 11.8 Å². The van der Waals surface area contributed by atoms with E-state index < -0.39 is 12.1 Å². The number of rotatable bonds is 6. The van der Waals surface area contributed by atoms with Gasteiger partial charge in [0.1, 0.15) is 12.7 Å². The molecule has 1 aromatic heterocycles. The third-order valence-corrected chi connectivity index (χ3v) is 5.13. The van der Waals surface area contributed by atoms with Gasteiger partial charge < -0.3 is 20.1 Å². The number of benzene rings is 1. The minimum absolute atomic E-state index is 0.00217. The van der Waals surface area contributed by atoms with Crippen molar-refractivity contribution < 1.29 is 19.4 Å². The van der Waals surface area contributed by atoms with Crippen LogP contribution in [0.3, 0.4) is 0 Å². The Labute approximate surface area is 163 Å². The molecule has 0 radical (unpaired) electrons. The van der Waals surface area contributed by atoms with Gasteiger partial charge in [0.25, 0.3) is 0 Å². The van der Waals surface area contributed by atoms with Crippen molar-refractivity contribution in [2.24, 2.45) is 5.92 Å². The van der Waals surface area contributed by atoms with E-state index in [1.54, 1.807) is 35.4 Å². The van der Waals surface area contributed by atoms with Gasteiger partial charge in [-0.25, -0.2) is 0 Å². The number of carbonyl (C=O) groups is 2. The van der Waals surface area contributed by atoms with E-state index in [1.807, 2.05) is 18.2 Å². The maximum atomic E-state index is 12.4. The molecule has 1 aromatic carbocycles. The summed E-state index contributed by atoms with van der Waals surface area (Å²) in [5, 5.41) is 13.8. The fourth-order valence-electron chi connectivity index (χ4n) is 3.33. The van der Waals surface area contributed by atoms with Crippen LogP contribution in [0.25, 0.3) is 0 Å². The van der Waals surface area contributed by atoms with Crippen molar-refractivity contribution in [3.63, 3.8) is 0 Å². The van der Waals surface area contributed by atoms with Gasteiger partial charge in [-0.2, -0.15) is 0 Å². The number of hydrogen-bond donors (Lipinski definition) is 2. The first-order valence-electron chi connectivity index (χ1n) is 9.48. The molecule has 28 heavy (non-hydrogen) atoms. The number of nitrogens with one attached hydrogen (secondary N) is 1. The normalized spacial score (nSPS) is 20.7. The van der Waals surface area contributed by atoms with Gasteiger partial charge in [0.05, 0.1) is 24.9 Å². The maximum absolute atomic E-state index is 12.4. The van der Waals surface area contributed by atoms with Crippen molar-refractivity contribution in [1.82, 2.24) is 9.88 Å². The molecule has 1 aliphatic carbocycles. The lowest BCUT2D eigenvalue weighted by Gasteiger charge is -2.38. The van der Waals surface area contributed by atoms with Crippen molar-refractivity contribution in [1.29, 1.82) is 0 Å². The van der Waals surface area contributed by atoms with Crippen molar-refractivity contribution in [3.8, 4) is 0 Å². The second-order valence-corrected chi connectivity index (χ2v) is 7.26. The Morgan fingerprint density at radius 3 is 2.71 bits per heavy atom. The topological polar surface area (TPSA) is 91.8 Å². The Balaban J connectivity index is 1.47. The van der Waals surface area contributed by atoms with Crippen LogP contribution in [0.5, 0.6) is 0 Å². The predicted octanol–water partition coefficient (Wildman–Crippen LogP) is 1.89. The average Bonchev–Trinajstić information content (AvgIpc) is 3.56. The number of morpholine rings is 1. The number of aromatic nitrogens is 1. The molecule has 1 saturated heterocycles. The van der Waals surface area contributed by atoms with Crippen LogP contribution in [0.4, 0.5) is 5.69 Å². The maximum Gasteiger partial charge on any atom is 0.249 e. The highest BCUT2D eigenvalue weighted by Gasteiger charge is 2.35. The van der Waals surface area contributed by atoms with E-state index >= 15 is 0 Å². The van der Waals surface area contributed by atoms with Gasteiger partial charge in [-0.1, -0.05) is 18.2 Å². The van der Waals surface area contributed by atoms with E-state index in [0.29, 0.717) is 17.8 Å². The highest BCUT2D eigenvalue weighted by molar-refractivity contribution is 5.94. The van der Waals surface area contributed by atoms with Crippen molar-refractivity contribution in [3.05, 3.63) is 59.9 Å². The number of aliphatic hydroxyl groups is 1.